The van der Waals surface area contributed by atoms with Gasteiger partial charge in [-0.3, -0.25) is 19.2 Å². The topological polar surface area (TPSA) is 118 Å². The van der Waals surface area contributed by atoms with E-state index in [0.717, 1.165) is 22.1 Å². The third kappa shape index (κ3) is 5.32. The van der Waals surface area contributed by atoms with Crippen LogP contribution in [0, 0.1) is 5.92 Å². The Hall–Kier alpha value is -4.39. The highest BCUT2D eigenvalue weighted by molar-refractivity contribution is 9.10. The first kappa shape index (κ1) is 29.3. The number of thioether (sulfide) groups is 1. The number of thiazole rings is 1. The number of ether oxygens (including phenoxy) is 2. The van der Waals surface area contributed by atoms with E-state index < -0.39 is 17.1 Å². The Morgan fingerprint density at radius 2 is 1.76 bits per heavy atom. The van der Waals surface area contributed by atoms with Gasteiger partial charge >= 0.3 is 4.87 Å². The Morgan fingerprint density at radius 1 is 0.978 bits per heavy atom. The Labute approximate surface area is 273 Å². The molecule has 2 aliphatic heterocycles. The first-order valence-electron chi connectivity index (χ1n) is 13.9. The van der Waals surface area contributed by atoms with Crippen molar-refractivity contribution in [2.24, 2.45) is 5.92 Å². The monoisotopic (exact) mass is 701 g/mol. The fourth-order valence-corrected chi connectivity index (χ4v) is 8.78. The maximum absolute atomic E-state index is 14.1. The van der Waals surface area contributed by atoms with E-state index >= 15 is 0 Å². The number of carbonyl (C=O) groups is 3. The third-order valence-corrected chi connectivity index (χ3v) is 10.8. The number of hydrogen-bond acceptors (Lipinski definition) is 8. The molecule has 226 valence electrons. The van der Waals surface area contributed by atoms with E-state index in [4.69, 9.17) is 9.47 Å². The first-order valence-corrected chi connectivity index (χ1v) is 16.4. The highest BCUT2D eigenvalue weighted by Gasteiger charge is 2.56. The summed E-state index contributed by atoms with van der Waals surface area (Å²) in [5, 5.41) is 4.61. The standard InChI is InChI=1S/C33H24BrN3O6S2/c1-42-20-12-10-19(11-13-20)37-31(39)27-26(28-30(36-33(41)45-28)44-29(27)32(37)40)22-15-18(34)9-14-24(22)43-16-25(38)35-23-8-4-6-17-5-2-3-7-21(17)23/h2-15,26-27,29H,16H2,1H3,(H,35,38)(H,36,41)/t26-,27?,29?/m1/s1. The lowest BCUT2D eigenvalue weighted by atomic mass is 9.82. The van der Waals surface area contributed by atoms with Gasteiger partial charge in [0.25, 0.3) is 5.91 Å². The van der Waals surface area contributed by atoms with Crippen molar-refractivity contribution >= 4 is 78.9 Å². The molecule has 2 unspecified atom stereocenters. The fraction of sp³-hybridized carbons (Fsp3) is 0.152. The van der Waals surface area contributed by atoms with Crippen molar-refractivity contribution < 1.29 is 23.9 Å². The molecule has 0 radical (unpaired) electrons. The predicted octanol–water partition coefficient (Wildman–Crippen LogP) is 6.17. The van der Waals surface area contributed by atoms with Gasteiger partial charge in [-0.15, -0.1) is 0 Å². The van der Waals surface area contributed by atoms with Crippen LogP contribution < -0.4 is 24.6 Å². The van der Waals surface area contributed by atoms with Gasteiger partial charge in [0.1, 0.15) is 16.7 Å². The highest BCUT2D eigenvalue weighted by atomic mass is 79.9. The lowest BCUT2D eigenvalue weighted by Gasteiger charge is -2.31. The lowest BCUT2D eigenvalue weighted by Crippen LogP contribution is -2.32. The maximum atomic E-state index is 14.1. The van der Waals surface area contributed by atoms with E-state index in [1.54, 1.807) is 43.5 Å². The predicted molar refractivity (Wildman–Crippen MR) is 178 cm³/mol. The molecule has 1 saturated heterocycles. The van der Waals surface area contributed by atoms with Crippen LogP contribution in [0.3, 0.4) is 0 Å². The van der Waals surface area contributed by atoms with Gasteiger partial charge in [0, 0.05) is 31.9 Å². The zero-order valence-electron chi connectivity index (χ0n) is 23.6. The Balaban J connectivity index is 1.22. The molecule has 12 heteroatoms. The van der Waals surface area contributed by atoms with Crippen molar-refractivity contribution in [3.63, 3.8) is 0 Å². The number of benzene rings is 4. The minimum absolute atomic E-state index is 0.281. The van der Waals surface area contributed by atoms with Gasteiger partial charge in [0.05, 0.1) is 23.7 Å². The van der Waals surface area contributed by atoms with Crippen LogP contribution in [0.5, 0.6) is 11.5 Å². The molecule has 0 bridgehead atoms. The zero-order valence-corrected chi connectivity index (χ0v) is 26.8. The van der Waals surface area contributed by atoms with Crippen LogP contribution in [0.4, 0.5) is 11.4 Å². The van der Waals surface area contributed by atoms with Gasteiger partial charge < -0.3 is 19.8 Å². The molecule has 3 amide bonds. The Kier molecular flexibility index (Phi) is 7.72. The molecule has 2 N–H and O–H groups in total. The van der Waals surface area contributed by atoms with Crippen molar-refractivity contribution in [2.45, 2.75) is 16.2 Å². The van der Waals surface area contributed by atoms with E-state index in [2.05, 4.69) is 26.2 Å². The molecule has 2 aliphatic rings. The minimum atomic E-state index is -0.815. The number of amides is 3. The van der Waals surface area contributed by atoms with Crippen LogP contribution in [-0.2, 0) is 14.4 Å². The van der Waals surface area contributed by atoms with E-state index in [1.807, 2.05) is 48.5 Å². The lowest BCUT2D eigenvalue weighted by molar-refractivity contribution is -0.122. The van der Waals surface area contributed by atoms with E-state index in [-0.39, 0.29) is 29.2 Å². The van der Waals surface area contributed by atoms with Crippen LogP contribution in [0.25, 0.3) is 10.8 Å². The molecular weight excluding hydrogens is 678 g/mol. The van der Waals surface area contributed by atoms with Crippen LogP contribution in [0.15, 0.2) is 99.2 Å². The van der Waals surface area contributed by atoms with Crippen molar-refractivity contribution in [1.29, 1.82) is 0 Å². The number of nitrogens with zero attached hydrogens (tertiary/aromatic N) is 1. The second-order valence-electron chi connectivity index (χ2n) is 10.5. The molecule has 1 aromatic heterocycles. The number of aromatic amines is 1. The van der Waals surface area contributed by atoms with Gasteiger partial charge in [0.2, 0.25) is 11.8 Å². The first-order chi connectivity index (χ1) is 21.8. The summed E-state index contributed by atoms with van der Waals surface area (Å²) in [6.45, 7) is -0.297. The van der Waals surface area contributed by atoms with Crippen LogP contribution in [-0.4, -0.2) is 41.7 Å². The molecule has 0 spiro atoms. The number of anilines is 2. The summed E-state index contributed by atoms with van der Waals surface area (Å²) in [5.41, 5.74) is 1.69. The molecule has 0 aliphatic carbocycles. The Bertz CT molecular complexity index is 2040. The number of fused-ring (bicyclic) bond motifs is 3. The number of carbonyl (C=O) groups excluding carboxylic acids is 3. The average molecular weight is 703 g/mol. The van der Waals surface area contributed by atoms with Crippen molar-refractivity contribution in [1.82, 2.24) is 4.98 Å². The van der Waals surface area contributed by atoms with Gasteiger partial charge in [0.15, 0.2) is 6.61 Å². The largest absolute Gasteiger partial charge is 0.497 e. The van der Waals surface area contributed by atoms with Crippen molar-refractivity contribution in [3.05, 3.63) is 110 Å². The number of nitrogens with one attached hydrogen (secondary N) is 2. The van der Waals surface area contributed by atoms with Gasteiger partial charge in [-0.05, 0) is 53.9 Å². The SMILES string of the molecule is COc1ccc(N2C(=O)C3Sc4[nH]c(=O)sc4[C@H](c4cc(Br)ccc4OCC(=O)Nc4cccc5ccccc45)C3C2=O)cc1. The molecule has 0 saturated carbocycles. The molecule has 4 aromatic carbocycles. The molecular formula is C33H24BrN3O6S2. The van der Waals surface area contributed by atoms with Gasteiger partial charge in [-0.1, -0.05) is 75.4 Å². The maximum Gasteiger partial charge on any atom is 0.305 e. The van der Waals surface area contributed by atoms with Crippen LogP contribution in [0.2, 0.25) is 0 Å². The van der Waals surface area contributed by atoms with Crippen molar-refractivity contribution in [3.8, 4) is 11.5 Å². The highest BCUT2D eigenvalue weighted by Crippen LogP contribution is 2.54. The molecule has 3 heterocycles. The second-order valence-corrected chi connectivity index (χ2v) is 13.6. The van der Waals surface area contributed by atoms with Crippen LogP contribution in [0.1, 0.15) is 16.4 Å². The molecule has 45 heavy (non-hydrogen) atoms. The molecule has 3 atom stereocenters. The number of imide groups is 1. The number of hydrogen-bond donors (Lipinski definition) is 2. The Morgan fingerprint density at radius 3 is 2.56 bits per heavy atom. The summed E-state index contributed by atoms with van der Waals surface area (Å²) in [7, 11) is 1.54. The summed E-state index contributed by atoms with van der Waals surface area (Å²) in [4.78, 5) is 58.0. The number of methoxy groups -OCH3 is 1. The normalized spacial score (nSPS) is 18.9. The average Bonchev–Trinajstić information content (AvgIpc) is 3.54. The zero-order chi connectivity index (χ0) is 31.2. The molecule has 9 nitrogen and oxygen atoms in total. The smallest absolute Gasteiger partial charge is 0.305 e. The minimum Gasteiger partial charge on any atom is -0.497 e. The van der Waals surface area contributed by atoms with Crippen molar-refractivity contribution in [2.75, 3.05) is 23.9 Å². The quantitative estimate of drug-likeness (QED) is 0.195. The summed E-state index contributed by atoms with van der Waals surface area (Å²) in [6.07, 6.45) is 0. The van der Waals surface area contributed by atoms with Crippen LogP contribution >= 0.6 is 39.0 Å². The van der Waals surface area contributed by atoms with E-state index in [1.165, 1.54) is 16.7 Å². The fourth-order valence-electron chi connectivity index (χ4n) is 5.90. The number of rotatable bonds is 7. The second kappa shape index (κ2) is 11.8. The van der Waals surface area contributed by atoms with Gasteiger partial charge in [-0.25, -0.2) is 4.90 Å². The van der Waals surface area contributed by atoms with E-state index in [0.29, 0.717) is 42.8 Å². The summed E-state index contributed by atoms with van der Waals surface area (Å²) >= 11 is 5.74. The number of aromatic nitrogens is 1. The van der Waals surface area contributed by atoms with Gasteiger partial charge in [-0.2, -0.15) is 0 Å². The summed E-state index contributed by atoms with van der Waals surface area (Å²) < 4.78 is 12.1. The number of halogens is 1. The summed E-state index contributed by atoms with van der Waals surface area (Å²) in [5.74, 6) is -1.62. The summed E-state index contributed by atoms with van der Waals surface area (Å²) in [6, 6.07) is 25.5. The molecule has 1 fully saturated rings. The number of H-pyrrole nitrogens is 1. The van der Waals surface area contributed by atoms with E-state index in [9.17, 15) is 19.2 Å². The molecule has 7 rings (SSSR count). The third-order valence-electron chi connectivity index (χ3n) is 7.88. The molecule has 5 aromatic rings.